The van der Waals surface area contributed by atoms with Crippen LogP contribution in [-0.2, 0) is 7.05 Å². The quantitative estimate of drug-likeness (QED) is 0.774. The van der Waals surface area contributed by atoms with E-state index in [2.05, 4.69) is 15.1 Å². The first-order chi connectivity index (χ1) is 10.0. The average Bonchev–Trinajstić information content (AvgIpc) is 2.80. The second-order valence-electron chi connectivity index (χ2n) is 4.32. The van der Waals surface area contributed by atoms with Crippen molar-refractivity contribution in [3.8, 4) is 22.7 Å². The molecule has 21 heavy (non-hydrogen) atoms. The van der Waals surface area contributed by atoms with Crippen molar-refractivity contribution in [2.24, 2.45) is 7.05 Å². The zero-order valence-electron chi connectivity index (χ0n) is 10.9. The SMILES string of the molecule is Cn1nc(-c2ccc(Cl)c(-c3cnc(N)cn3)c2)oc1=O. The largest absolute Gasteiger partial charge is 0.437 e. The number of nitrogens with two attached hydrogens (primary N) is 1. The number of benzene rings is 1. The van der Waals surface area contributed by atoms with Crippen molar-refractivity contribution in [3.05, 3.63) is 46.2 Å². The van der Waals surface area contributed by atoms with Gasteiger partial charge >= 0.3 is 5.76 Å². The van der Waals surface area contributed by atoms with Gasteiger partial charge in [-0.1, -0.05) is 11.6 Å². The molecule has 3 rings (SSSR count). The third kappa shape index (κ3) is 2.50. The number of anilines is 1. The highest BCUT2D eigenvalue weighted by atomic mass is 35.5. The predicted molar refractivity (Wildman–Crippen MR) is 77.6 cm³/mol. The van der Waals surface area contributed by atoms with E-state index in [1.807, 2.05) is 0 Å². The molecule has 0 bridgehead atoms. The lowest BCUT2D eigenvalue weighted by molar-refractivity contribution is 0.505. The standard InChI is InChI=1S/C13H10ClN5O2/c1-19-13(20)21-12(18-19)7-2-3-9(14)8(4-7)10-5-17-11(15)6-16-10/h2-6H,1H3,(H2,15,17). The summed E-state index contributed by atoms with van der Waals surface area (Å²) in [5.41, 5.74) is 7.34. The normalized spacial score (nSPS) is 10.8. The van der Waals surface area contributed by atoms with Gasteiger partial charge in [0.15, 0.2) is 0 Å². The predicted octanol–water partition coefficient (Wildman–Crippen LogP) is 1.73. The molecule has 2 N–H and O–H groups in total. The molecule has 2 heterocycles. The molecular weight excluding hydrogens is 294 g/mol. The van der Waals surface area contributed by atoms with Crippen LogP contribution in [0.15, 0.2) is 39.8 Å². The lowest BCUT2D eigenvalue weighted by Gasteiger charge is -2.05. The fourth-order valence-electron chi connectivity index (χ4n) is 1.79. The molecule has 0 atom stereocenters. The maximum atomic E-state index is 11.3. The third-order valence-electron chi connectivity index (χ3n) is 2.85. The Balaban J connectivity index is 2.12. The van der Waals surface area contributed by atoms with Crippen LogP contribution >= 0.6 is 11.6 Å². The molecule has 3 aromatic rings. The van der Waals surface area contributed by atoms with Crippen LogP contribution in [0, 0.1) is 0 Å². The maximum Gasteiger partial charge on any atom is 0.437 e. The minimum atomic E-state index is -0.534. The summed E-state index contributed by atoms with van der Waals surface area (Å²) in [4.78, 5) is 19.5. The van der Waals surface area contributed by atoms with E-state index in [4.69, 9.17) is 21.8 Å². The molecule has 0 saturated heterocycles. The molecular formula is C13H10ClN5O2. The molecule has 0 spiro atoms. The molecule has 0 saturated carbocycles. The van der Waals surface area contributed by atoms with Crippen molar-refractivity contribution in [1.29, 1.82) is 0 Å². The second-order valence-corrected chi connectivity index (χ2v) is 4.73. The monoisotopic (exact) mass is 303 g/mol. The van der Waals surface area contributed by atoms with Crippen molar-refractivity contribution >= 4 is 17.4 Å². The molecule has 0 aliphatic rings. The van der Waals surface area contributed by atoms with Gasteiger partial charge in [0.05, 0.1) is 23.1 Å². The van der Waals surface area contributed by atoms with Gasteiger partial charge in [0.1, 0.15) is 5.82 Å². The van der Waals surface area contributed by atoms with Crippen LogP contribution < -0.4 is 11.5 Å². The molecule has 0 fully saturated rings. The Morgan fingerprint density at radius 3 is 2.71 bits per heavy atom. The van der Waals surface area contributed by atoms with Crippen LogP contribution in [0.25, 0.3) is 22.7 Å². The van der Waals surface area contributed by atoms with E-state index >= 15 is 0 Å². The number of nitrogen functional groups attached to an aromatic ring is 1. The minimum absolute atomic E-state index is 0.212. The highest BCUT2D eigenvalue weighted by Gasteiger charge is 2.12. The van der Waals surface area contributed by atoms with Crippen LogP contribution in [0.3, 0.4) is 0 Å². The summed E-state index contributed by atoms with van der Waals surface area (Å²) in [5, 5.41) is 4.49. The Kier molecular flexibility index (Phi) is 3.19. The summed E-state index contributed by atoms with van der Waals surface area (Å²) in [6, 6.07) is 5.12. The van der Waals surface area contributed by atoms with E-state index in [1.54, 1.807) is 18.2 Å². The number of hydrogen-bond donors (Lipinski definition) is 1. The summed E-state index contributed by atoms with van der Waals surface area (Å²) in [7, 11) is 1.51. The van der Waals surface area contributed by atoms with E-state index in [-0.39, 0.29) is 5.89 Å². The van der Waals surface area contributed by atoms with Gasteiger partial charge in [-0.3, -0.25) is 4.98 Å². The van der Waals surface area contributed by atoms with Gasteiger partial charge in [-0.2, -0.15) is 4.68 Å². The van der Waals surface area contributed by atoms with Gasteiger partial charge in [-0.15, -0.1) is 5.10 Å². The zero-order chi connectivity index (χ0) is 15.0. The third-order valence-corrected chi connectivity index (χ3v) is 3.18. The first-order valence-corrected chi connectivity index (χ1v) is 6.34. The first-order valence-electron chi connectivity index (χ1n) is 5.96. The van der Waals surface area contributed by atoms with Crippen LogP contribution in [0.5, 0.6) is 0 Å². The fraction of sp³-hybridized carbons (Fsp3) is 0.0769. The van der Waals surface area contributed by atoms with E-state index < -0.39 is 5.76 Å². The topological polar surface area (TPSA) is 99.8 Å². The summed E-state index contributed by atoms with van der Waals surface area (Å²) >= 11 is 6.18. The number of nitrogens with zero attached hydrogens (tertiary/aromatic N) is 4. The number of rotatable bonds is 2. The number of aromatic nitrogens is 4. The van der Waals surface area contributed by atoms with Crippen LogP contribution in [0.2, 0.25) is 5.02 Å². The van der Waals surface area contributed by atoms with Crippen LogP contribution in [-0.4, -0.2) is 19.7 Å². The molecule has 7 nitrogen and oxygen atoms in total. The van der Waals surface area contributed by atoms with Gasteiger partial charge in [0.2, 0.25) is 5.89 Å². The average molecular weight is 304 g/mol. The summed E-state index contributed by atoms with van der Waals surface area (Å²) < 4.78 is 6.17. The highest BCUT2D eigenvalue weighted by Crippen LogP contribution is 2.30. The molecule has 0 aliphatic carbocycles. The Bertz CT molecular complexity index is 854. The smallest absolute Gasteiger partial charge is 0.388 e. The molecule has 106 valence electrons. The summed E-state index contributed by atoms with van der Waals surface area (Å²) in [6.07, 6.45) is 2.97. The van der Waals surface area contributed by atoms with Crippen molar-refractivity contribution < 1.29 is 4.42 Å². The summed E-state index contributed by atoms with van der Waals surface area (Å²) in [6.45, 7) is 0. The number of hydrogen-bond acceptors (Lipinski definition) is 6. The number of aryl methyl sites for hydroxylation is 1. The van der Waals surface area contributed by atoms with E-state index in [0.717, 1.165) is 4.68 Å². The molecule has 0 unspecified atom stereocenters. The Morgan fingerprint density at radius 2 is 2.10 bits per heavy atom. The highest BCUT2D eigenvalue weighted by molar-refractivity contribution is 6.33. The molecule has 0 radical (unpaired) electrons. The van der Waals surface area contributed by atoms with Gasteiger partial charge in [0.25, 0.3) is 0 Å². The van der Waals surface area contributed by atoms with E-state index in [9.17, 15) is 4.79 Å². The molecule has 0 amide bonds. The maximum absolute atomic E-state index is 11.3. The zero-order valence-corrected chi connectivity index (χ0v) is 11.7. The van der Waals surface area contributed by atoms with Gasteiger partial charge in [-0.05, 0) is 18.2 Å². The van der Waals surface area contributed by atoms with Crippen molar-refractivity contribution in [2.75, 3.05) is 5.73 Å². The van der Waals surface area contributed by atoms with Crippen LogP contribution in [0.4, 0.5) is 5.82 Å². The molecule has 2 aromatic heterocycles. The van der Waals surface area contributed by atoms with Crippen LogP contribution in [0.1, 0.15) is 0 Å². The van der Waals surface area contributed by atoms with Crippen molar-refractivity contribution in [1.82, 2.24) is 19.7 Å². The fourth-order valence-corrected chi connectivity index (χ4v) is 2.01. The van der Waals surface area contributed by atoms with E-state index in [1.165, 1.54) is 19.4 Å². The van der Waals surface area contributed by atoms with Gasteiger partial charge < -0.3 is 10.2 Å². The lowest BCUT2D eigenvalue weighted by atomic mass is 10.1. The molecule has 8 heteroatoms. The van der Waals surface area contributed by atoms with Gasteiger partial charge in [-0.25, -0.2) is 9.78 Å². The molecule has 1 aromatic carbocycles. The van der Waals surface area contributed by atoms with E-state index in [0.29, 0.717) is 27.7 Å². The summed E-state index contributed by atoms with van der Waals surface area (Å²) in [5.74, 6) is -0.000605. The second kappa shape index (κ2) is 5.02. The first kappa shape index (κ1) is 13.3. The van der Waals surface area contributed by atoms with Crippen molar-refractivity contribution in [3.63, 3.8) is 0 Å². The lowest BCUT2D eigenvalue weighted by Crippen LogP contribution is -2.09. The van der Waals surface area contributed by atoms with Gasteiger partial charge in [0, 0.05) is 18.2 Å². The Morgan fingerprint density at radius 1 is 1.29 bits per heavy atom. The Hall–Kier alpha value is -2.67. The minimum Gasteiger partial charge on any atom is -0.388 e. The van der Waals surface area contributed by atoms with Crippen molar-refractivity contribution in [2.45, 2.75) is 0 Å². The molecule has 0 aliphatic heterocycles. The Labute approximate surface area is 124 Å². The number of halogens is 1.